The van der Waals surface area contributed by atoms with Crippen LogP contribution in [0, 0.1) is 10.1 Å². The lowest BCUT2D eigenvalue weighted by Crippen LogP contribution is -1.92. The van der Waals surface area contributed by atoms with Crippen LogP contribution in [0.2, 0.25) is 0 Å². The van der Waals surface area contributed by atoms with Gasteiger partial charge in [-0.15, -0.1) is 0 Å². The third kappa shape index (κ3) is 1.62. The molecule has 0 aliphatic heterocycles. The Morgan fingerprint density at radius 2 is 1.89 bits per heavy atom. The summed E-state index contributed by atoms with van der Waals surface area (Å²) in [5, 5.41) is 11.6. The zero-order valence-electron chi connectivity index (χ0n) is 9.35. The zero-order valence-corrected chi connectivity index (χ0v) is 9.35. The first-order valence-electron chi connectivity index (χ1n) is 5.41. The van der Waals surface area contributed by atoms with Crippen molar-refractivity contribution in [1.82, 2.24) is 9.55 Å². The molecule has 0 saturated carbocycles. The number of rotatable bonds is 2. The number of hydrogen-bond donors (Lipinski definition) is 0. The van der Waals surface area contributed by atoms with Crippen LogP contribution in [0.4, 0.5) is 5.69 Å². The van der Waals surface area contributed by atoms with E-state index in [9.17, 15) is 10.1 Å². The van der Waals surface area contributed by atoms with Crippen LogP contribution < -0.4 is 0 Å². The molecule has 1 aromatic carbocycles. The number of nitro benzene ring substituents is 1. The van der Waals surface area contributed by atoms with Crippen molar-refractivity contribution in [3.8, 4) is 5.69 Å². The molecule has 0 radical (unpaired) electrons. The van der Waals surface area contributed by atoms with Crippen molar-refractivity contribution in [2.24, 2.45) is 0 Å². The maximum absolute atomic E-state index is 10.7. The maximum Gasteiger partial charge on any atom is 0.270 e. The van der Waals surface area contributed by atoms with E-state index in [1.165, 1.54) is 6.07 Å². The summed E-state index contributed by atoms with van der Waals surface area (Å²) in [5.74, 6) is 0. The molecule has 3 aromatic rings. The molecule has 2 aromatic heterocycles. The highest BCUT2D eigenvalue weighted by molar-refractivity contribution is 5.84. The van der Waals surface area contributed by atoms with Crippen LogP contribution >= 0.6 is 0 Å². The first-order chi connectivity index (χ1) is 8.75. The Kier molecular flexibility index (Phi) is 2.30. The van der Waals surface area contributed by atoms with Crippen LogP contribution in [0.3, 0.4) is 0 Å². The number of benzene rings is 1. The number of non-ortho nitro benzene ring substituents is 1. The van der Waals surface area contributed by atoms with Gasteiger partial charge in [-0.3, -0.25) is 15.1 Å². The highest BCUT2D eigenvalue weighted by Crippen LogP contribution is 2.24. The maximum atomic E-state index is 10.7. The van der Waals surface area contributed by atoms with Gasteiger partial charge < -0.3 is 4.57 Å². The molecule has 0 amide bonds. The molecule has 0 aliphatic rings. The molecule has 0 atom stereocenters. The number of hydrogen-bond acceptors (Lipinski definition) is 3. The molecule has 0 bridgehead atoms. The molecule has 3 rings (SSSR count). The second-order valence-corrected chi connectivity index (χ2v) is 3.89. The summed E-state index contributed by atoms with van der Waals surface area (Å²) in [6.07, 6.45) is 5.32. The second kappa shape index (κ2) is 3.96. The Morgan fingerprint density at radius 3 is 2.61 bits per heavy atom. The van der Waals surface area contributed by atoms with Crippen LogP contribution in [0.5, 0.6) is 0 Å². The van der Waals surface area contributed by atoms with Gasteiger partial charge in [0.25, 0.3) is 5.69 Å². The lowest BCUT2D eigenvalue weighted by atomic mass is 10.2. The van der Waals surface area contributed by atoms with Gasteiger partial charge in [0, 0.05) is 41.8 Å². The fraction of sp³-hybridized carbons (Fsp3) is 0. The minimum atomic E-state index is -0.386. The van der Waals surface area contributed by atoms with Crippen molar-refractivity contribution >= 4 is 16.6 Å². The molecule has 0 fully saturated rings. The summed E-state index contributed by atoms with van der Waals surface area (Å²) >= 11 is 0. The number of nitrogens with zero attached hydrogens (tertiary/aromatic N) is 3. The predicted octanol–water partition coefficient (Wildman–Crippen LogP) is 2.93. The summed E-state index contributed by atoms with van der Waals surface area (Å²) in [4.78, 5) is 14.3. The summed E-state index contributed by atoms with van der Waals surface area (Å²) in [5.41, 5.74) is 2.02. The standard InChI is InChI=1S/C13H9N3O2/c17-16(18)12-1-2-13-10(9-12)5-8-15(13)11-3-6-14-7-4-11/h1-9H. The first kappa shape index (κ1) is 10.5. The quantitative estimate of drug-likeness (QED) is 0.510. The molecule has 5 heteroatoms. The lowest BCUT2D eigenvalue weighted by Gasteiger charge is -2.04. The molecular formula is C13H9N3O2. The van der Waals surface area contributed by atoms with E-state index in [1.807, 2.05) is 29.0 Å². The molecule has 0 aliphatic carbocycles. The molecule has 0 unspecified atom stereocenters. The Balaban J connectivity index is 2.19. The van der Waals surface area contributed by atoms with Crippen molar-refractivity contribution in [3.05, 3.63) is 65.1 Å². The predicted molar refractivity (Wildman–Crippen MR) is 67.7 cm³/mol. The Bertz CT molecular complexity index is 719. The largest absolute Gasteiger partial charge is 0.316 e. The molecule has 0 N–H and O–H groups in total. The van der Waals surface area contributed by atoms with Gasteiger partial charge in [0.15, 0.2) is 0 Å². The van der Waals surface area contributed by atoms with E-state index in [4.69, 9.17) is 0 Å². The van der Waals surface area contributed by atoms with Crippen LogP contribution in [0.15, 0.2) is 55.0 Å². The Hall–Kier alpha value is -2.69. The number of fused-ring (bicyclic) bond motifs is 1. The molecule has 18 heavy (non-hydrogen) atoms. The number of pyridine rings is 1. The van der Waals surface area contributed by atoms with Gasteiger partial charge in [-0.05, 0) is 24.3 Å². The van der Waals surface area contributed by atoms with Crippen LogP contribution in [-0.2, 0) is 0 Å². The molecular weight excluding hydrogens is 230 g/mol. The second-order valence-electron chi connectivity index (χ2n) is 3.89. The molecule has 0 saturated heterocycles. The summed E-state index contributed by atoms with van der Waals surface area (Å²) in [6.45, 7) is 0. The Labute approximate surface area is 102 Å². The first-order valence-corrected chi connectivity index (χ1v) is 5.41. The van der Waals surface area contributed by atoms with Gasteiger partial charge in [0.2, 0.25) is 0 Å². The molecule has 5 nitrogen and oxygen atoms in total. The SMILES string of the molecule is O=[N+]([O-])c1ccc2c(ccn2-c2ccncc2)c1. The summed E-state index contributed by atoms with van der Waals surface area (Å²) in [6, 6.07) is 10.5. The number of aromatic nitrogens is 2. The van der Waals surface area contributed by atoms with Crippen molar-refractivity contribution in [2.75, 3.05) is 0 Å². The van der Waals surface area contributed by atoms with Gasteiger partial charge in [-0.2, -0.15) is 0 Å². The molecule has 0 spiro atoms. The minimum absolute atomic E-state index is 0.106. The average Bonchev–Trinajstić information content (AvgIpc) is 2.82. The third-order valence-electron chi connectivity index (χ3n) is 2.83. The van der Waals surface area contributed by atoms with Gasteiger partial charge in [-0.1, -0.05) is 0 Å². The molecule has 88 valence electrons. The van der Waals surface area contributed by atoms with Crippen LogP contribution in [-0.4, -0.2) is 14.5 Å². The van der Waals surface area contributed by atoms with E-state index in [-0.39, 0.29) is 10.6 Å². The van der Waals surface area contributed by atoms with E-state index in [0.29, 0.717) is 0 Å². The van der Waals surface area contributed by atoms with Crippen molar-refractivity contribution < 1.29 is 4.92 Å². The summed E-state index contributed by atoms with van der Waals surface area (Å²) in [7, 11) is 0. The highest BCUT2D eigenvalue weighted by Gasteiger charge is 2.09. The zero-order chi connectivity index (χ0) is 12.5. The van der Waals surface area contributed by atoms with E-state index in [1.54, 1.807) is 24.5 Å². The van der Waals surface area contributed by atoms with Gasteiger partial charge in [0.05, 0.1) is 10.4 Å². The number of nitro groups is 1. The van der Waals surface area contributed by atoms with E-state index in [0.717, 1.165) is 16.6 Å². The van der Waals surface area contributed by atoms with Gasteiger partial charge >= 0.3 is 0 Å². The van der Waals surface area contributed by atoms with E-state index < -0.39 is 0 Å². The fourth-order valence-electron chi connectivity index (χ4n) is 1.97. The van der Waals surface area contributed by atoms with Crippen molar-refractivity contribution in [3.63, 3.8) is 0 Å². The van der Waals surface area contributed by atoms with E-state index in [2.05, 4.69) is 4.98 Å². The van der Waals surface area contributed by atoms with Crippen molar-refractivity contribution in [2.45, 2.75) is 0 Å². The topological polar surface area (TPSA) is 61.0 Å². The monoisotopic (exact) mass is 239 g/mol. The highest BCUT2D eigenvalue weighted by atomic mass is 16.6. The van der Waals surface area contributed by atoms with Gasteiger partial charge in [0.1, 0.15) is 0 Å². The fourth-order valence-corrected chi connectivity index (χ4v) is 1.97. The normalized spacial score (nSPS) is 10.7. The summed E-state index contributed by atoms with van der Waals surface area (Å²) < 4.78 is 1.97. The van der Waals surface area contributed by atoms with Crippen LogP contribution in [0.25, 0.3) is 16.6 Å². The minimum Gasteiger partial charge on any atom is -0.316 e. The van der Waals surface area contributed by atoms with Crippen molar-refractivity contribution in [1.29, 1.82) is 0 Å². The van der Waals surface area contributed by atoms with E-state index >= 15 is 0 Å². The molecule has 2 heterocycles. The smallest absolute Gasteiger partial charge is 0.270 e. The third-order valence-corrected chi connectivity index (χ3v) is 2.83. The average molecular weight is 239 g/mol. The van der Waals surface area contributed by atoms with Crippen LogP contribution in [0.1, 0.15) is 0 Å². The lowest BCUT2D eigenvalue weighted by molar-refractivity contribution is -0.384. The van der Waals surface area contributed by atoms with Gasteiger partial charge in [-0.25, -0.2) is 0 Å². The Morgan fingerprint density at radius 1 is 1.11 bits per heavy atom.